The van der Waals surface area contributed by atoms with Crippen LogP contribution in [0.15, 0.2) is 42.5 Å². The molecule has 0 radical (unpaired) electrons. The molecule has 1 aromatic heterocycles. The molecule has 36 heavy (non-hydrogen) atoms. The highest BCUT2D eigenvalue weighted by Gasteiger charge is 2.50. The molecule has 0 aliphatic carbocycles. The van der Waals surface area contributed by atoms with Gasteiger partial charge in [-0.05, 0) is 24.3 Å². The van der Waals surface area contributed by atoms with Gasteiger partial charge in [0.05, 0.1) is 34.1 Å². The second kappa shape index (κ2) is 8.40. The van der Waals surface area contributed by atoms with Gasteiger partial charge in [0.25, 0.3) is 0 Å². The molecule has 2 aliphatic rings. The van der Waals surface area contributed by atoms with Gasteiger partial charge >= 0.3 is 12.3 Å². The maximum absolute atomic E-state index is 14.9. The normalized spacial score (nSPS) is 19.2. The Morgan fingerprint density at radius 3 is 2.78 bits per heavy atom. The van der Waals surface area contributed by atoms with Crippen LogP contribution in [0.25, 0.3) is 11.3 Å². The zero-order valence-electron chi connectivity index (χ0n) is 18.4. The summed E-state index contributed by atoms with van der Waals surface area (Å²) in [6.07, 6.45) is -5.16. The van der Waals surface area contributed by atoms with Crippen LogP contribution >= 0.6 is 11.6 Å². The van der Waals surface area contributed by atoms with Gasteiger partial charge in [-0.25, -0.2) is 13.9 Å². The van der Waals surface area contributed by atoms with E-state index in [9.17, 15) is 27.2 Å². The number of halogens is 5. The van der Waals surface area contributed by atoms with Crippen LogP contribution in [0, 0.1) is 5.82 Å². The molecule has 2 aromatic carbocycles. The Morgan fingerprint density at radius 1 is 1.25 bits per heavy atom. The van der Waals surface area contributed by atoms with Crippen molar-refractivity contribution in [3.8, 4) is 11.3 Å². The molecular formula is C23H18ClF4N5O3. The fraction of sp³-hybridized carbons (Fsp3) is 0.261. The van der Waals surface area contributed by atoms with E-state index in [1.165, 1.54) is 39.9 Å². The first kappa shape index (κ1) is 23.9. The first-order valence-corrected chi connectivity index (χ1v) is 11.1. The number of fused-ring (bicyclic) bond motifs is 2. The summed E-state index contributed by atoms with van der Waals surface area (Å²) in [6, 6.07) is 8.75. The lowest BCUT2D eigenvalue weighted by Crippen LogP contribution is -2.44. The molecule has 1 atom stereocenters. The number of hydrogen-bond acceptors (Lipinski definition) is 5. The number of alkyl halides is 3. The van der Waals surface area contributed by atoms with Crippen LogP contribution in [0.5, 0.6) is 0 Å². The minimum absolute atomic E-state index is 0.0651. The van der Waals surface area contributed by atoms with E-state index in [0.29, 0.717) is 0 Å². The lowest BCUT2D eigenvalue weighted by Gasteiger charge is -2.35. The molecule has 1 saturated heterocycles. The van der Waals surface area contributed by atoms with Gasteiger partial charge in [0, 0.05) is 24.6 Å². The maximum atomic E-state index is 14.9. The minimum Gasteiger partial charge on any atom is -0.436 e. The number of anilines is 2. The smallest absolute Gasteiger partial charge is 0.416 e. The standard InChI is InChI=1S/C23H18ClF4N5O3/c24-14-4-5-15-19(20(14)25)22(36-21(35)30-15)6-7-32(11-22)18(34)10-33-17(29)9-16(31-33)12-2-1-3-13(8-12)23(26,27)28/h1-5,8-9H,6-7,10-11,29H2,(H,30,35)/t22-/m0/s1. The van der Waals surface area contributed by atoms with Gasteiger partial charge in [-0.1, -0.05) is 23.7 Å². The number of hydrogen-bond donors (Lipinski definition) is 2. The zero-order chi connectivity index (χ0) is 25.8. The van der Waals surface area contributed by atoms with Crippen molar-refractivity contribution in [1.29, 1.82) is 0 Å². The molecule has 13 heteroatoms. The summed E-state index contributed by atoms with van der Waals surface area (Å²) < 4.78 is 60.8. The number of benzene rings is 2. The fourth-order valence-electron chi connectivity index (χ4n) is 4.53. The summed E-state index contributed by atoms with van der Waals surface area (Å²) >= 11 is 5.94. The number of likely N-dealkylation sites (tertiary alicyclic amines) is 1. The lowest BCUT2D eigenvalue weighted by atomic mass is 9.89. The first-order chi connectivity index (χ1) is 17.0. The highest BCUT2D eigenvalue weighted by Crippen LogP contribution is 2.45. The van der Waals surface area contributed by atoms with Crippen LogP contribution in [-0.2, 0) is 27.9 Å². The van der Waals surface area contributed by atoms with E-state index in [1.54, 1.807) is 0 Å². The SMILES string of the molecule is Nc1cc(-c2cccc(C(F)(F)F)c2)nn1CC(=O)N1CC[C@@]2(C1)OC(=O)Nc1ccc(Cl)c(F)c12. The Labute approximate surface area is 206 Å². The molecule has 0 saturated carbocycles. The summed E-state index contributed by atoms with van der Waals surface area (Å²) in [5, 5.41) is 6.49. The van der Waals surface area contributed by atoms with Crippen molar-refractivity contribution in [3.05, 3.63) is 64.4 Å². The molecule has 3 heterocycles. The second-order valence-corrected chi connectivity index (χ2v) is 8.96. The Bertz CT molecular complexity index is 1390. The number of carbonyl (C=O) groups is 2. The van der Waals surface area contributed by atoms with Gasteiger partial charge in [0.1, 0.15) is 12.4 Å². The van der Waals surface area contributed by atoms with Crippen molar-refractivity contribution in [2.24, 2.45) is 0 Å². The Hall–Kier alpha value is -3.80. The lowest BCUT2D eigenvalue weighted by molar-refractivity contribution is -0.137. The average Bonchev–Trinajstić information content (AvgIpc) is 3.39. The molecule has 5 rings (SSSR count). The van der Waals surface area contributed by atoms with E-state index in [0.717, 1.165) is 12.1 Å². The van der Waals surface area contributed by atoms with Crippen molar-refractivity contribution in [3.63, 3.8) is 0 Å². The van der Waals surface area contributed by atoms with Gasteiger partial charge in [-0.3, -0.25) is 10.1 Å². The Balaban J connectivity index is 1.37. The Kier molecular flexibility index (Phi) is 5.58. The average molecular weight is 524 g/mol. The van der Waals surface area contributed by atoms with Gasteiger partial charge in [0.2, 0.25) is 5.91 Å². The summed E-state index contributed by atoms with van der Waals surface area (Å²) in [4.78, 5) is 26.6. The molecule has 1 spiro atoms. The van der Waals surface area contributed by atoms with Crippen LogP contribution in [0.2, 0.25) is 5.02 Å². The van der Waals surface area contributed by atoms with Crippen molar-refractivity contribution in [2.45, 2.75) is 24.7 Å². The third kappa shape index (κ3) is 4.11. The maximum Gasteiger partial charge on any atom is 0.416 e. The summed E-state index contributed by atoms with van der Waals surface area (Å²) in [6.45, 7) is -0.289. The number of nitrogen functional groups attached to an aromatic ring is 1. The third-order valence-electron chi connectivity index (χ3n) is 6.24. The fourth-order valence-corrected chi connectivity index (χ4v) is 4.69. The van der Waals surface area contributed by atoms with E-state index in [2.05, 4.69) is 10.4 Å². The minimum atomic E-state index is -4.52. The molecule has 1 fully saturated rings. The van der Waals surface area contributed by atoms with Crippen molar-refractivity contribution in [2.75, 3.05) is 24.1 Å². The largest absolute Gasteiger partial charge is 0.436 e. The number of ether oxygens (including phenoxy) is 1. The van der Waals surface area contributed by atoms with E-state index >= 15 is 0 Å². The predicted octanol–water partition coefficient (Wildman–Crippen LogP) is 4.63. The number of nitrogens with one attached hydrogen (secondary N) is 1. The van der Waals surface area contributed by atoms with Crippen molar-refractivity contribution >= 4 is 35.1 Å². The van der Waals surface area contributed by atoms with Crippen LogP contribution in [0.3, 0.4) is 0 Å². The van der Waals surface area contributed by atoms with E-state index < -0.39 is 35.2 Å². The number of carbonyl (C=O) groups excluding carboxylic acids is 2. The van der Waals surface area contributed by atoms with E-state index in [4.69, 9.17) is 22.1 Å². The topological polar surface area (TPSA) is 102 Å². The van der Waals surface area contributed by atoms with Crippen molar-refractivity contribution < 1.29 is 31.9 Å². The number of nitrogens with two attached hydrogens (primary N) is 1. The van der Waals surface area contributed by atoms with Gasteiger partial charge < -0.3 is 15.4 Å². The molecule has 2 amide bonds. The molecule has 0 unspecified atom stereocenters. The quantitative estimate of drug-likeness (QED) is 0.487. The second-order valence-electron chi connectivity index (χ2n) is 8.55. The number of aromatic nitrogens is 2. The monoisotopic (exact) mass is 523 g/mol. The van der Waals surface area contributed by atoms with Gasteiger partial charge in [-0.15, -0.1) is 0 Å². The molecule has 188 valence electrons. The van der Waals surface area contributed by atoms with Crippen LogP contribution < -0.4 is 11.1 Å². The molecular weight excluding hydrogens is 506 g/mol. The molecule has 3 N–H and O–H groups in total. The van der Waals surface area contributed by atoms with Crippen LogP contribution in [-0.4, -0.2) is 39.8 Å². The highest BCUT2D eigenvalue weighted by molar-refractivity contribution is 6.31. The van der Waals surface area contributed by atoms with Gasteiger partial charge in [-0.2, -0.15) is 18.3 Å². The summed E-state index contributed by atoms with van der Waals surface area (Å²) in [7, 11) is 0. The van der Waals surface area contributed by atoms with E-state index in [1.807, 2.05) is 0 Å². The molecule has 3 aromatic rings. The van der Waals surface area contributed by atoms with Crippen molar-refractivity contribution in [1.82, 2.24) is 14.7 Å². The van der Waals surface area contributed by atoms with Gasteiger partial charge in [0.15, 0.2) is 11.4 Å². The zero-order valence-corrected chi connectivity index (χ0v) is 19.2. The molecule has 8 nitrogen and oxygen atoms in total. The highest BCUT2D eigenvalue weighted by atomic mass is 35.5. The summed E-state index contributed by atoms with van der Waals surface area (Å²) in [5.41, 5.74) is 4.35. The van der Waals surface area contributed by atoms with Crippen LogP contribution in [0.1, 0.15) is 17.5 Å². The molecule has 2 aliphatic heterocycles. The predicted molar refractivity (Wildman–Crippen MR) is 121 cm³/mol. The first-order valence-electron chi connectivity index (χ1n) is 10.7. The Morgan fingerprint density at radius 2 is 2.03 bits per heavy atom. The third-order valence-corrected chi connectivity index (χ3v) is 6.53. The number of rotatable bonds is 3. The summed E-state index contributed by atoms with van der Waals surface area (Å²) in [5.74, 6) is -1.12. The number of amides is 2. The number of nitrogens with zero attached hydrogens (tertiary/aromatic N) is 3. The molecule has 0 bridgehead atoms. The van der Waals surface area contributed by atoms with E-state index in [-0.39, 0.29) is 59.4 Å². The van der Waals surface area contributed by atoms with Crippen LogP contribution in [0.4, 0.5) is 33.9 Å².